The zero-order valence-electron chi connectivity index (χ0n) is 14.6. The fraction of sp³-hybridized carbons (Fsp3) is 0.250. The molecule has 0 amide bonds. The van der Waals surface area contributed by atoms with Gasteiger partial charge in [-0.1, -0.05) is 29.8 Å². The second kappa shape index (κ2) is 7.23. The summed E-state index contributed by atoms with van der Waals surface area (Å²) in [7, 11) is 0.0873. The second-order valence-electron chi connectivity index (χ2n) is 6.13. The monoisotopic (exact) mass is 355 g/mol. The number of ether oxygens (including phenoxy) is 1. The molecule has 1 aromatic heterocycles. The van der Waals surface area contributed by atoms with Gasteiger partial charge in [-0.15, -0.1) is 0 Å². The van der Waals surface area contributed by atoms with Crippen molar-refractivity contribution in [2.75, 3.05) is 7.11 Å². The van der Waals surface area contributed by atoms with Crippen LogP contribution < -0.4 is 0 Å². The maximum absolute atomic E-state index is 13.0. The highest BCUT2D eigenvalue weighted by Crippen LogP contribution is 2.25. The molecular weight excluding hydrogens is 334 g/mol. The number of methoxy groups -OCH3 is 1. The van der Waals surface area contributed by atoms with E-state index in [0.29, 0.717) is 12.8 Å². The second-order valence-corrected chi connectivity index (χ2v) is 7.49. The van der Waals surface area contributed by atoms with E-state index in [-0.39, 0.29) is 5.97 Å². The Bertz CT molecular complexity index is 941. The molecule has 0 spiro atoms. The topological polar surface area (TPSA) is 48.3 Å². The lowest BCUT2D eigenvalue weighted by Crippen LogP contribution is -2.04. The third-order valence-corrected chi connectivity index (χ3v) is 5.62. The Hall–Kier alpha value is -2.40. The number of esters is 1. The molecule has 0 bridgehead atoms. The summed E-state index contributed by atoms with van der Waals surface area (Å²) in [6.07, 6.45) is 2.86. The van der Waals surface area contributed by atoms with E-state index < -0.39 is 11.0 Å². The van der Waals surface area contributed by atoms with Gasteiger partial charge in [0, 0.05) is 18.0 Å². The van der Waals surface area contributed by atoms with Gasteiger partial charge in [0.15, 0.2) is 11.0 Å². The normalized spacial score (nSPS) is 12.3. The van der Waals surface area contributed by atoms with E-state index in [1.165, 1.54) is 7.11 Å². The summed E-state index contributed by atoms with van der Waals surface area (Å²) in [5.41, 5.74) is 4.16. The van der Waals surface area contributed by atoms with Crippen LogP contribution in [0.4, 0.5) is 0 Å². The molecule has 4 nitrogen and oxygen atoms in total. The average molecular weight is 355 g/mol. The van der Waals surface area contributed by atoms with Crippen molar-refractivity contribution < 1.29 is 13.7 Å². The van der Waals surface area contributed by atoms with Gasteiger partial charge < -0.3 is 4.74 Å². The fourth-order valence-corrected chi connectivity index (χ4v) is 4.00. The molecule has 3 aromatic rings. The molecule has 0 aliphatic rings. The molecule has 130 valence electrons. The lowest BCUT2D eigenvalue weighted by Gasteiger charge is -2.07. The third kappa shape index (κ3) is 3.66. The highest BCUT2D eigenvalue weighted by Gasteiger charge is 2.13. The number of benzene rings is 2. The Labute approximate surface area is 150 Å². The molecule has 0 N–H and O–H groups in total. The Balaban J connectivity index is 1.98. The highest BCUT2D eigenvalue weighted by molar-refractivity contribution is 7.83. The van der Waals surface area contributed by atoms with Crippen molar-refractivity contribution in [3.8, 4) is 0 Å². The summed E-state index contributed by atoms with van der Waals surface area (Å²) in [5.74, 6) is -0.227. The number of nitrogens with zero attached hydrogens (tertiary/aromatic N) is 1. The van der Waals surface area contributed by atoms with Crippen LogP contribution in [-0.2, 0) is 26.9 Å². The lowest BCUT2D eigenvalue weighted by atomic mass is 10.1. The molecule has 0 aliphatic heterocycles. The maximum Gasteiger partial charge on any atom is 0.305 e. The number of carbonyl (C=O) groups is 1. The molecule has 1 atom stereocenters. The van der Waals surface area contributed by atoms with E-state index in [9.17, 15) is 9.00 Å². The SMILES string of the molecule is COC(=O)CCc1ccc2c(C)cn(S(=O)c3ccc(C)cc3)c2c1. The van der Waals surface area contributed by atoms with Crippen molar-refractivity contribution in [2.45, 2.75) is 31.6 Å². The van der Waals surface area contributed by atoms with E-state index in [2.05, 4.69) is 0 Å². The first kappa shape index (κ1) is 17.4. The van der Waals surface area contributed by atoms with Crippen molar-refractivity contribution in [3.05, 3.63) is 65.4 Å². The molecule has 3 rings (SSSR count). The highest BCUT2D eigenvalue weighted by atomic mass is 32.2. The predicted molar refractivity (Wildman–Crippen MR) is 100.0 cm³/mol. The van der Waals surface area contributed by atoms with Crippen molar-refractivity contribution in [3.63, 3.8) is 0 Å². The standard InChI is InChI=1S/C20H21NO3S/c1-14-4-8-17(9-5-14)25(23)21-13-15(2)18-10-6-16(12-19(18)21)7-11-20(22)24-3/h4-6,8-10,12-13H,7,11H2,1-3H3. The fourth-order valence-electron chi connectivity index (χ4n) is 2.82. The van der Waals surface area contributed by atoms with E-state index in [1.54, 1.807) is 3.97 Å². The Kier molecular flexibility index (Phi) is 5.04. The van der Waals surface area contributed by atoms with Crippen LogP contribution in [0, 0.1) is 13.8 Å². The smallest absolute Gasteiger partial charge is 0.305 e. The van der Waals surface area contributed by atoms with E-state index in [1.807, 2.05) is 62.5 Å². The van der Waals surface area contributed by atoms with Gasteiger partial charge in [-0.3, -0.25) is 8.77 Å². The van der Waals surface area contributed by atoms with Crippen LogP contribution in [0.1, 0.15) is 23.1 Å². The van der Waals surface area contributed by atoms with Crippen LogP contribution in [0.2, 0.25) is 0 Å². The van der Waals surface area contributed by atoms with Crippen molar-refractivity contribution in [2.24, 2.45) is 0 Å². The van der Waals surface area contributed by atoms with Gasteiger partial charge >= 0.3 is 5.97 Å². The number of aryl methyl sites for hydroxylation is 3. The third-order valence-electron chi connectivity index (χ3n) is 4.28. The minimum Gasteiger partial charge on any atom is -0.469 e. The molecule has 0 radical (unpaired) electrons. The van der Waals surface area contributed by atoms with Crippen LogP contribution in [0.5, 0.6) is 0 Å². The Morgan fingerprint density at radius 3 is 2.52 bits per heavy atom. The maximum atomic E-state index is 13.0. The van der Waals surface area contributed by atoms with Gasteiger partial charge in [0.25, 0.3) is 0 Å². The van der Waals surface area contributed by atoms with Crippen LogP contribution in [0.25, 0.3) is 10.9 Å². The minimum absolute atomic E-state index is 0.227. The van der Waals surface area contributed by atoms with Gasteiger partial charge in [-0.25, -0.2) is 4.21 Å². The molecule has 0 saturated heterocycles. The van der Waals surface area contributed by atoms with Crippen LogP contribution in [0.15, 0.2) is 53.6 Å². The number of rotatable bonds is 5. The van der Waals surface area contributed by atoms with E-state index in [0.717, 1.165) is 32.5 Å². The van der Waals surface area contributed by atoms with Crippen LogP contribution >= 0.6 is 0 Å². The number of fused-ring (bicyclic) bond motifs is 1. The van der Waals surface area contributed by atoms with E-state index >= 15 is 0 Å². The van der Waals surface area contributed by atoms with Gasteiger partial charge in [-0.2, -0.15) is 0 Å². The van der Waals surface area contributed by atoms with Crippen LogP contribution in [0.3, 0.4) is 0 Å². The lowest BCUT2D eigenvalue weighted by molar-refractivity contribution is -0.140. The summed E-state index contributed by atoms with van der Waals surface area (Å²) in [5, 5.41) is 1.07. The number of carbonyl (C=O) groups excluding carboxylic acids is 1. The first-order valence-electron chi connectivity index (χ1n) is 8.16. The van der Waals surface area contributed by atoms with E-state index in [4.69, 9.17) is 4.74 Å². The number of hydrogen-bond donors (Lipinski definition) is 0. The van der Waals surface area contributed by atoms with Gasteiger partial charge in [-0.05, 0) is 49.6 Å². The van der Waals surface area contributed by atoms with Crippen molar-refractivity contribution in [1.29, 1.82) is 0 Å². The summed E-state index contributed by atoms with van der Waals surface area (Å²) >= 11 is 0. The quantitative estimate of drug-likeness (QED) is 0.652. The first-order valence-corrected chi connectivity index (χ1v) is 9.26. The summed E-state index contributed by atoms with van der Waals surface area (Å²) < 4.78 is 19.5. The minimum atomic E-state index is -1.31. The molecule has 25 heavy (non-hydrogen) atoms. The summed E-state index contributed by atoms with van der Waals surface area (Å²) in [6, 6.07) is 13.8. The van der Waals surface area contributed by atoms with Gasteiger partial charge in [0.2, 0.25) is 0 Å². The van der Waals surface area contributed by atoms with Gasteiger partial charge in [0.05, 0.1) is 17.5 Å². The Morgan fingerprint density at radius 1 is 1.12 bits per heavy atom. The zero-order chi connectivity index (χ0) is 18.0. The molecule has 5 heteroatoms. The zero-order valence-corrected chi connectivity index (χ0v) is 15.4. The molecule has 0 fully saturated rings. The van der Waals surface area contributed by atoms with Crippen molar-refractivity contribution in [1.82, 2.24) is 3.97 Å². The molecule has 2 aromatic carbocycles. The Morgan fingerprint density at radius 2 is 1.84 bits per heavy atom. The summed E-state index contributed by atoms with van der Waals surface area (Å²) in [6.45, 7) is 4.02. The molecular formula is C20H21NO3S. The first-order chi connectivity index (χ1) is 12.0. The molecule has 0 saturated carbocycles. The molecule has 1 heterocycles. The summed E-state index contributed by atoms with van der Waals surface area (Å²) in [4.78, 5) is 12.1. The largest absolute Gasteiger partial charge is 0.469 e. The van der Waals surface area contributed by atoms with Crippen molar-refractivity contribution >= 4 is 27.9 Å². The predicted octanol–water partition coefficient (Wildman–Crippen LogP) is 3.93. The average Bonchev–Trinajstić information content (AvgIpc) is 2.96. The molecule has 1 unspecified atom stereocenters. The number of hydrogen-bond acceptors (Lipinski definition) is 3. The van der Waals surface area contributed by atoms with Gasteiger partial charge in [0.1, 0.15) is 0 Å². The number of aromatic nitrogens is 1. The van der Waals surface area contributed by atoms with Crippen LogP contribution in [-0.4, -0.2) is 21.3 Å². The molecule has 0 aliphatic carbocycles.